The van der Waals surface area contributed by atoms with E-state index in [1.54, 1.807) is 6.07 Å². The van der Waals surface area contributed by atoms with Crippen molar-refractivity contribution in [3.05, 3.63) is 29.3 Å². The summed E-state index contributed by atoms with van der Waals surface area (Å²) in [7, 11) is 0. The number of aromatic hydroxyl groups is 1. The zero-order valence-corrected chi connectivity index (χ0v) is 8.59. The maximum absolute atomic E-state index is 9.71. The van der Waals surface area contributed by atoms with E-state index in [9.17, 15) is 5.11 Å². The highest BCUT2D eigenvalue weighted by molar-refractivity contribution is 5.41. The Morgan fingerprint density at radius 1 is 1.50 bits per heavy atom. The van der Waals surface area contributed by atoms with Gasteiger partial charge in [0.15, 0.2) is 0 Å². The summed E-state index contributed by atoms with van der Waals surface area (Å²) < 4.78 is 0. The van der Waals surface area contributed by atoms with Gasteiger partial charge in [0, 0.05) is 6.04 Å². The van der Waals surface area contributed by atoms with Gasteiger partial charge in [-0.1, -0.05) is 19.1 Å². The van der Waals surface area contributed by atoms with Gasteiger partial charge in [0.2, 0.25) is 0 Å². The third-order valence-corrected chi connectivity index (χ3v) is 2.95. The lowest BCUT2D eigenvalue weighted by molar-refractivity contribution is 0.432. The predicted molar refractivity (Wildman–Crippen MR) is 57.6 cm³/mol. The molecule has 14 heavy (non-hydrogen) atoms. The van der Waals surface area contributed by atoms with E-state index in [1.165, 1.54) is 12.0 Å². The molecular weight excluding hydrogens is 174 g/mol. The van der Waals surface area contributed by atoms with E-state index in [2.05, 4.69) is 18.3 Å². The quantitative estimate of drug-likeness (QED) is 0.748. The summed E-state index contributed by atoms with van der Waals surface area (Å²) in [6, 6.07) is 6.38. The van der Waals surface area contributed by atoms with Crippen LogP contribution in [0.3, 0.4) is 0 Å². The van der Waals surface area contributed by atoms with Crippen molar-refractivity contribution in [2.24, 2.45) is 0 Å². The molecule has 0 aliphatic heterocycles. The Balaban J connectivity index is 2.20. The van der Waals surface area contributed by atoms with Crippen LogP contribution in [-0.2, 0) is 12.8 Å². The molecule has 1 aliphatic carbocycles. The predicted octanol–water partition coefficient (Wildman–Crippen LogP) is 1.86. The SMILES string of the molecule is CCNC1CCc2cccc(O)c2C1. The topological polar surface area (TPSA) is 32.3 Å². The van der Waals surface area contributed by atoms with Crippen LogP contribution in [0.4, 0.5) is 0 Å². The third-order valence-electron chi connectivity index (χ3n) is 2.95. The minimum Gasteiger partial charge on any atom is -0.508 e. The minimum absolute atomic E-state index is 0.463. The highest BCUT2D eigenvalue weighted by Crippen LogP contribution is 2.28. The van der Waals surface area contributed by atoms with Crippen LogP contribution in [0.2, 0.25) is 0 Å². The maximum atomic E-state index is 9.71. The minimum atomic E-state index is 0.463. The largest absolute Gasteiger partial charge is 0.508 e. The molecule has 2 N–H and O–H groups in total. The molecular formula is C12H17NO. The van der Waals surface area contributed by atoms with Crippen LogP contribution in [0.25, 0.3) is 0 Å². The van der Waals surface area contributed by atoms with Gasteiger partial charge < -0.3 is 10.4 Å². The number of hydrogen-bond donors (Lipinski definition) is 2. The lowest BCUT2D eigenvalue weighted by Crippen LogP contribution is -2.34. The Morgan fingerprint density at radius 3 is 3.14 bits per heavy atom. The summed E-state index contributed by atoms with van der Waals surface area (Å²) in [5.74, 6) is 0.463. The molecule has 2 rings (SSSR count). The second-order valence-electron chi connectivity index (χ2n) is 3.91. The lowest BCUT2D eigenvalue weighted by atomic mass is 9.88. The average molecular weight is 191 g/mol. The summed E-state index contributed by atoms with van der Waals surface area (Å²) in [5, 5.41) is 13.2. The van der Waals surface area contributed by atoms with Crippen LogP contribution in [0.1, 0.15) is 24.5 Å². The number of nitrogens with one attached hydrogen (secondary N) is 1. The fourth-order valence-corrected chi connectivity index (χ4v) is 2.23. The number of benzene rings is 1. The van der Waals surface area contributed by atoms with Crippen molar-refractivity contribution in [3.8, 4) is 5.75 Å². The molecule has 0 radical (unpaired) electrons. The molecule has 0 saturated heterocycles. The van der Waals surface area contributed by atoms with Crippen LogP contribution in [0.15, 0.2) is 18.2 Å². The van der Waals surface area contributed by atoms with Gasteiger partial charge in [0.1, 0.15) is 5.75 Å². The van der Waals surface area contributed by atoms with E-state index < -0.39 is 0 Å². The molecule has 2 nitrogen and oxygen atoms in total. The normalized spacial score (nSPS) is 20.5. The molecule has 2 heteroatoms. The van der Waals surface area contributed by atoms with E-state index in [0.717, 1.165) is 24.9 Å². The zero-order chi connectivity index (χ0) is 9.97. The standard InChI is InChI=1S/C12H17NO/c1-2-13-10-7-6-9-4-3-5-12(14)11(9)8-10/h3-5,10,13-14H,2,6-8H2,1H3. The van der Waals surface area contributed by atoms with Crippen LogP contribution in [0.5, 0.6) is 5.75 Å². The van der Waals surface area contributed by atoms with Gasteiger partial charge in [-0.3, -0.25) is 0 Å². The van der Waals surface area contributed by atoms with Crippen LogP contribution >= 0.6 is 0 Å². The molecule has 0 bridgehead atoms. The molecule has 1 atom stereocenters. The second-order valence-corrected chi connectivity index (χ2v) is 3.91. The average Bonchev–Trinajstić information content (AvgIpc) is 2.20. The number of phenols is 1. The van der Waals surface area contributed by atoms with Crippen LogP contribution in [0, 0.1) is 0 Å². The Kier molecular flexibility index (Phi) is 2.73. The molecule has 0 fully saturated rings. The number of phenolic OH excluding ortho intramolecular Hbond substituents is 1. The van der Waals surface area contributed by atoms with Gasteiger partial charge in [-0.05, 0) is 43.0 Å². The van der Waals surface area contributed by atoms with Gasteiger partial charge in [-0.2, -0.15) is 0 Å². The number of likely N-dealkylation sites (N-methyl/N-ethyl adjacent to an activating group) is 1. The van der Waals surface area contributed by atoms with E-state index in [4.69, 9.17) is 0 Å². The zero-order valence-electron chi connectivity index (χ0n) is 8.59. The molecule has 0 amide bonds. The first-order chi connectivity index (χ1) is 6.81. The molecule has 0 spiro atoms. The number of aryl methyl sites for hydroxylation is 1. The van der Waals surface area contributed by atoms with E-state index in [1.807, 2.05) is 6.07 Å². The second kappa shape index (κ2) is 4.01. The fourth-order valence-electron chi connectivity index (χ4n) is 2.23. The van der Waals surface area contributed by atoms with Crippen molar-refractivity contribution in [1.29, 1.82) is 0 Å². The van der Waals surface area contributed by atoms with Crippen molar-refractivity contribution in [3.63, 3.8) is 0 Å². The molecule has 1 aliphatic rings. The Hall–Kier alpha value is -1.02. The Morgan fingerprint density at radius 2 is 2.36 bits per heavy atom. The summed E-state index contributed by atoms with van der Waals surface area (Å²) in [5.41, 5.74) is 2.46. The summed E-state index contributed by atoms with van der Waals surface area (Å²) in [4.78, 5) is 0. The highest BCUT2D eigenvalue weighted by Gasteiger charge is 2.19. The van der Waals surface area contributed by atoms with Crippen molar-refractivity contribution in [2.75, 3.05) is 6.54 Å². The van der Waals surface area contributed by atoms with Gasteiger partial charge >= 0.3 is 0 Å². The van der Waals surface area contributed by atoms with E-state index >= 15 is 0 Å². The third kappa shape index (κ3) is 1.75. The summed E-state index contributed by atoms with van der Waals surface area (Å²) in [6.45, 7) is 3.13. The molecule has 0 aromatic heterocycles. The van der Waals surface area contributed by atoms with Crippen molar-refractivity contribution in [2.45, 2.75) is 32.2 Å². The Labute approximate surface area is 85.0 Å². The monoisotopic (exact) mass is 191 g/mol. The molecule has 0 heterocycles. The first-order valence-electron chi connectivity index (χ1n) is 5.34. The number of hydrogen-bond acceptors (Lipinski definition) is 2. The first-order valence-corrected chi connectivity index (χ1v) is 5.34. The van der Waals surface area contributed by atoms with Gasteiger partial charge in [0.25, 0.3) is 0 Å². The van der Waals surface area contributed by atoms with Crippen molar-refractivity contribution >= 4 is 0 Å². The van der Waals surface area contributed by atoms with Crippen molar-refractivity contribution in [1.82, 2.24) is 5.32 Å². The first kappa shape index (κ1) is 9.53. The lowest BCUT2D eigenvalue weighted by Gasteiger charge is -2.25. The van der Waals surface area contributed by atoms with Crippen LogP contribution < -0.4 is 5.32 Å². The van der Waals surface area contributed by atoms with Gasteiger partial charge in [-0.25, -0.2) is 0 Å². The van der Waals surface area contributed by atoms with Crippen LogP contribution in [-0.4, -0.2) is 17.7 Å². The molecule has 1 unspecified atom stereocenters. The number of fused-ring (bicyclic) bond motifs is 1. The highest BCUT2D eigenvalue weighted by atomic mass is 16.3. The summed E-state index contributed by atoms with van der Waals surface area (Å²) in [6.07, 6.45) is 3.24. The molecule has 1 aromatic carbocycles. The maximum Gasteiger partial charge on any atom is 0.119 e. The fraction of sp³-hybridized carbons (Fsp3) is 0.500. The number of rotatable bonds is 2. The Bertz CT molecular complexity index is 322. The van der Waals surface area contributed by atoms with Crippen molar-refractivity contribution < 1.29 is 5.11 Å². The molecule has 76 valence electrons. The van der Waals surface area contributed by atoms with Gasteiger partial charge in [0.05, 0.1) is 0 Å². The van der Waals surface area contributed by atoms with Gasteiger partial charge in [-0.15, -0.1) is 0 Å². The molecule has 0 saturated carbocycles. The molecule has 1 aromatic rings. The van der Waals surface area contributed by atoms with E-state index in [0.29, 0.717) is 11.8 Å². The summed E-state index contributed by atoms with van der Waals surface area (Å²) >= 11 is 0. The smallest absolute Gasteiger partial charge is 0.119 e. The van der Waals surface area contributed by atoms with E-state index in [-0.39, 0.29) is 0 Å².